The number of ether oxygens (including phenoxy) is 1. The number of nitrogens with zero attached hydrogens (tertiary/aromatic N) is 3. The standard InChI is InChI=1S/C24H22N4O3/c1-31-24(30)17-8-9-20-18(14-17)19-15-27(13-10-21(19)26-20)23(29)22(28-12-5-11-25-28)16-6-3-2-4-7-16/h2-9,11-12,14,22,26H,10,13,15H2,1H3. The van der Waals surface area contributed by atoms with Gasteiger partial charge in [-0.2, -0.15) is 5.10 Å². The molecule has 3 heterocycles. The van der Waals surface area contributed by atoms with Gasteiger partial charge in [-0.1, -0.05) is 30.3 Å². The quantitative estimate of drug-likeness (QED) is 0.520. The lowest BCUT2D eigenvalue weighted by Crippen LogP contribution is -2.41. The number of hydrogen-bond acceptors (Lipinski definition) is 4. The predicted octanol–water partition coefficient (Wildman–Crippen LogP) is 3.33. The van der Waals surface area contributed by atoms with Crippen LogP contribution in [0.3, 0.4) is 0 Å². The van der Waals surface area contributed by atoms with Crippen LogP contribution in [0.15, 0.2) is 67.0 Å². The number of hydrogen-bond donors (Lipinski definition) is 1. The number of rotatable bonds is 4. The second kappa shape index (κ2) is 7.75. The fourth-order valence-electron chi connectivity index (χ4n) is 4.30. The van der Waals surface area contributed by atoms with Gasteiger partial charge < -0.3 is 14.6 Å². The zero-order valence-corrected chi connectivity index (χ0v) is 17.1. The van der Waals surface area contributed by atoms with Crippen LogP contribution in [0, 0.1) is 0 Å². The smallest absolute Gasteiger partial charge is 0.337 e. The second-order valence-corrected chi connectivity index (χ2v) is 7.64. The van der Waals surface area contributed by atoms with Gasteiger partial charge in [-0.15, -0.1) is 0 Å². The molecule has 0 spiro atoms. The molecule has 1 amide bonds. The maximum absolute atomic E-state index is 13.7. The number of aromatic nitrogens is 3. The summed E-state index contributed by atoms with van der Waals surface area (Å²) in [7, 11) is 1.37. The summed E-state index contributed by atoms with van der Waals surface area (Å²) in [6.07, 6.45) is 4.23. The molecule has 0 radical (unpaired) electrons. The number of aromatic amines is 1. The van der Waals surface area contributed by atoms with E-state index in [-0.39, 0.29) is 11.9 Å². The second-order valence-electron chi connectivity index (χ2n) is 7.64. The van der Waals surface area contributed by atoms with Gasteiger partial charge in [0.1, 0.15) is 0 Å². The van der Waals surface area contributed by atoms with Crippen molar-refractivity contribution in [1.29, 1.82) is 0 Å². The van der Waals surface area contributed by atoms with E-state index in [1.54, 1.807) is 16.9 Å². The largest absolute Gasteiger partial charge is 0.465 e. The van der Waals surface area contributed by atoms with Gasteiger partial charge in [0.25, 0.3) is 5.91 Å². The number of benzene rings is 2. The number of methoxy groups -OCH3 is 1. The fourth-order valence-corrected chi connectivity index (χ4v) is 4.30. The molecule has 1 N–H and O–H groups in total. The Kier molecular flexibility index (Phi) is 4.78. The molecule has 2 aromatic heterocycles. The van der Waals surface area contributed by atoms with Crippen LogP contribution in [0.5, 0.6) is 0 Å². The van der Waals surface area contributed by atoms with E-state index in [4.69, 9.17) is 4.74 Å². The molecule has 0 saturated heterocycles. The Balaban J connectivity index is 1.50. The fraction of sp³-hybridized carbons (Fsp3) is 0.208. The first kappa shape index (κ1) is 19.1. The van der Waals surface area contributed by atoms with Gasteiger partial charge in [0.2, 0.25) is 0 Å². The summed E-state index contributed by atoms with van der Waals surface area (Å²) in [5.74, 6) is -0.373. The van der Waals surface area contributed by atoms with Gasteiger partial charge in [-0.25, -0.2) is 4.79 Å². The molecule has 0 saturated carbocycles. The Bertz CT molecular complexity index is 1240. The average Bonchev–Trinajstić information content (AvgIpc) is 3.46. The third-order valence-electron chi connectivity index (χ3n) is 5.85. The third-order valence-corrected chi connectivity index (χ3v) is 5.85. The Labute approximate surface area is 179 Å². The van der Waals surface area contributed by atoms with Crippen LogP contribution in [0.1, 0.15) is 33.2 Å². The molecular weight excluding hydrogens is 392 g/mol. The summed E-state index contributed by atoms with van der Waals surface area (Å²) in [5, 5.41) is 5.29. The zero-order valence-electron chi connectivity index (χ0n) is 17.1. The van der Waals surface area contributed by atoms with Crippen molar-refractivity contribution < 1.29 is 14.3 Å². The summed E-state index contributed by atoms with van der Waals surface area (Å²) in [4.78, 5) is 31.0. The molecule has 156 valence electrons. The van der Waals surface area contributed by atoms with Gasteiger partial charge in [-0.05, 0) is 29.8 Å². The zero-order chi connectivity index (χ0) is 21.4. The van der Waals surface area contributed by atoms with Crippen molar-refractivity contribution in [3.8, 4) is 0 Å². The first-order valence-corrected chi connectivity index (χ1v) is 10.2. The van der Waals surface area contributed by atoms with E-state index in [2.05, 4.69) is 10.1 Å². The molecular formula is C24H22N4O3. The topological polar surface area (TPSA) is 80.2 Å². The molecule has 0 aliphatic carbocycles. The minimum atomic E-state index is -0.520. The first-order chi connectivity index (χ1) is 15.2. The van der Waals surface area contributed by atoms with Gasteiger partial charge in [-0.3, -0.25) is 9.48 Å². The van der Waals surface area contributed by atoms with Gasteiger partial charge in [0, 0.05) is 54.1 Å². The van der Waals surface area contributed by atoms with Crippen LogP contribution in [0.2, 0.25) is 0 Å². The normalized spacial score (nSPS) is 14.3. The summed E-state index contributed by atoms with van der Waals surface area (Å²) in [6, 6.07) is 16.5. The molecule has 0 bridgehead atoms. The number of H-pyrrole nitrogens is 1. The molecule has 1 aliphatic heterocycles. The van der Waals surface area contributed by atoms with E-state index in [0.717, 1.165) is 34.1 Å². The van der Waals surface area contributed by atoms with Crippen molar-refractivity contribution >= 4 is 22.8 Å². The Morgan fingerprint density at radius 1 is 1.13 bits per heavy atom. The first-order valence-electron chi connectivity index (χ1n) is 10.2. The van der Waals surface area contributed by atoms with Crippen LogP contribution in [0.25, 0.3) is 10.9 Å². The minimum Gasteiger partial charge on any atom is -0.465 e. The molecule has 0 fully saturated rings. The number of carbonyl (C=O) groups excluding carboxylic acids is 2. The van der Waals surface area contributed by atoms with Gasteiger partial charge in [0.05, 0.1) is 12.7 Å². The monoisotopic (exact) mass is 414 g/mol. The average molecular weight is 414 g/mol. The van der Waals surface area contributed by atoms with E-state index in [1.165, 1.54) is 7.11 Å². The van der Waals surface area contributed by atoms with Crippen molar-refractivity contribution in [2.75, 3.05) is 13.7 Å². The summed E-state index contributed by atoms with van der Waals surface area (Å²) >= 11 is 0. The van der Waals surface area contributed by atoms with Crippen LogP contribution >= 0.6 is 0 Å². The van der Waals surface area contributed by atoms with Crippen molar-refractivity contribution in [3.05, 3.63) is 89.4 Å². The van der Waals surface area contributed by atoms with E-state index >= 15 is 0 Å². The molecule has 7 heteroatoms. The van der Waals surface area contributed by atoms with Crippen LogP contribution in [-0.4, -0.2) is 45.2 Å². The Morgan fingerprint density at radius 3 is 2.71 bits per heavy atom. The number of esters is 1. The van der Waals surface area contributed by atoms with Crippen molar-refractivity contribution in [2.24, 2.45) is 0 Å². The van der Waals surface area contributed by atoms with Crippen molar-refractivity contribution in [3.63, 3.8) is 0 Å². The maximum atomic E-state index is 13.7. The Hall–Kier alpha value is -3.87. The highest BCUT2D eigenvalue weighted by atomic mass is 16.5. The molecule has 7 nitrogen and oxygen atoms in total. The number of nitrogens with one attached hydrogen (secondary N) is 1. The van der Waals surface area contributed by atoms with E-state index in [9.17, 15) is 9.59 Å². The predicted molar refractivity (Wildman–Crippen MR) is 116 cm³/mol. The lowest BCUT2D eigenvalue weighted by molar-refractivity contribution is -0.134. The lowest BCUT2D eigenvalue weighted by atomic mass is 10.0. The molecule has 1 unspecified atom stereocenters. The summed E-state index contributed by atoms with van der Waals surface area (Å²) in [5.41, 5.74) is 4.51. The number of fused-ring (bicyclic) bond motifs is 3. The highest BCUT2D eigenvalue weighted by Gasteiger charge is 2.31. The summed E-state index contributed by atoms with van der Waals surface area (Å²) in [6.45, 7) is 1.09. The summed E-state index contributed by atoms with van der Waals surface area (Å²) < 4.78 is 6.57. The SMILES string of the molecule is COC(=O)c1ccc2[nH]c3c(c2c1)CN(C(=O)C(c1ccccc1)n1cccn1)CC3. The van der Waals surface area contributed by atoms with Crippen LogP contribution < -0.4 is 0 Å². The molecule has 2 aromatic carbocycles. The number of carbonyl (C=O) groups is 2. The molecule has 1 atom stereocenters. The van der Waals surface area contributed by atoms with Gasteiger partial charge >= 0.3 is 5.97 Å². The van der Waals surface area contributed by atoms with Crippen LogP contribution in [-0.2, 0) is 22.5 Å². The molecule has 4 aromatic rings. The molecule has 5 rings (SSSR count). The molecule has 31 heavy (non-hydrogen) atoms. The molecule has 1 aliphatic rings. The highest BCUT2D eigenvalue weighted by Crippen LogP contribution is 2.31. The van der Waals surface area contributed by atoms with E-state index < -0.39 is 6.04 Å². The van der Waals surface area contributed by atoms with E-state index in [1.807, 2.05) is 59.6 Å². The van der Waals surface area contributed by atoms with E-state index in [0.29, 0.717) is 18.7 Å². The van der Waals surface area contributed by atoms with Crippen molar-refractivity contribution in [1.82, 2.24) is 19.7 Å². The highest BCUT2D eigenvalue weighted by molar-refractivity contribution is 5.96. The number of amides is 1. The van der Waals surface area contributed by atoms with Crippen LogP contribution in [0.4, 0.5) is 0 Å². The maximum Gasteiger partial charge on any atom is 0.337 e. The minimum absolute atomic E-state index is 0.000905. The van der Waals surface area contributed by atoms with Gasteiger partial charge in [0.15, 0.2) is 6.04 Å². The Morgan fingerprint density at radius 2 is 1.97 bits per heavy atom. The van der Waals surface area contributed by atoms with Crippen molar-refractivity contribution in [2.45, 2.75) is 19.0 Å². The lowest BCUT2D eigenvalue weighted by Gasteiger charge is -2.31. The third kappa shape index (κ3) is 3.38.